The van der Waals surface area contributed by atoms with E-state index in [1.165, 1.54) is 6.42 Å². The predicted octanol–water partition coefficient (Wildman–Crippen LogP) is 1.74. The molecule has 0 aliphatic carbocycles. The Morgan fingerprint density at radius 1 is 1.43 bits per heavy atom. The van der Waals surface area contributed by atoms with Crippen LogP contribution in [0.3, 0.4) is 0 Å². The molecule has 1 atom stereocenters. The molecule has 21 heavy (non-hydrogen) atoms. The van der Waals surface area contributed by atoms with Gasteiger partial charge in [0, 0.05) is 30.5 Å². The van der Waals surface area contributed by atoms with Gasteiger partial charge in [0.25, 0.3) is 0 Å². The molecule has 6 heteroatoms. The van der Waals surface area contributed by atoms with Gasteiger partial charge in [-0.05, 0) is 43.9 Å². The van der Waals surface area contributed by atoms with Crippen LogP contribution in [0.5, 0.6) is 0 Å². The number of hydrogen-bond acceptors (Lipinski definition) is 5. The molecule has 0 radical (unpaired) electrons. The smallest absolute Gasteiger partial charge is 0.245 e. The summed E-state index contributed by atoms with van der Waals surface area (Å²) in [6.45, 7) is 6.79. The summed E-state index contributed by atoms with van der Waals surface area (Å²) in [6, 6.07) is 3.98. The minimum atomic E-state index is 0.157. The van der Waals surface area contributed by atoms with Crippen molar-refractivity contribution in [3.8, 4) is 11.4 Å². The monoisotopic (exact) mass is 286 g/mol. The quantitative estimate of drug-likeness (QED) is 0.898. The van der Waals surface area contributed by atoms with E-state index < -0.39 is 0 Å². The number of H-pyrrole nitrogens is 1. The van der Waals surface area contributed by atoms with Crippen molar-refractivity contribution in [1.82, 2.24) is 20.2 Å². The number of nitrogens with two attached hydrogens (primary N) is 1. The molecule has 1 fully saturated rings. The van der Waals surface area contributed by atoms with Crippen molar-refractivity contribution in [2.75, 3.05) is 24.5 Å². The van der Waals surface area contributed by atoms with Crippen molar-refractivity contribution in [1.29, 1.82) is 0 Å². The van der Waals surface area contributed by atoms with Crippen LogP contribution in [-0.2, 0) is 0 Å². The Balaban J connectivity index is 1.80. The third-order valence-corrected chi connectivity index (χ3v) is 4.21. The highest BCUT2D eigenvalue weighted by molar-refractivity contribution is 5.55. The van der Waals surface area contributed by atoms with Crippen molar-refractivity contribution >= 4 is 5.95 Å². The van der Waals surface area contributed by atoms with Crippen molar-refractivity contribution in [3.05, 3.63) is 24.0 Å². The third-order valence-electron chi connectivity index (χ3n) is 4.21. The zero-order valence-electron chi connectivity index (χ0n) is 12.6. The second-order valence-electron chi connectivity index (χ2n) is 6.21. The highest BCUT2D eigenvalue weighted by Gasteiger charge is 2.31. The molecule has 2 aromatic rings. The summed E-state index contributed by atoms with van der Waals surface area (Å²) in [5, 5.41) is 7.37. The van der Waals surface area contributed by atoms with E-state index in [-0.39, 0.29) is 5.41 Å². The first-order chi connectivity index (χ1) is 10.1. The molecule has 1 unspecified atom stereocenters. The maximum absolute atomic E-state index is 5.90. The lowest BCUT2D eigenvalue weighted by Crippen LogP contribution is -2.46. The Bertz CT molecular complexity index is 605. The van der Waals surface area contributed by atoms with Gasteiger partial charge in [0.15, 0.2) is 5.82 Å². The van der Waals surface area contributed by atoms with E-state index in [1.54, 1.807) is 0 Å². The summed E-state index contributed by atoms with van der Waals surface area (Å²) >= 11 is 0. The predicted molar refractivity (Wildman–Crippen MR) is 83.0 cm³/mol. The van der Waals surface area contributed by atoms with Crippen LogP contribution in [0.15, 0.2) is 18.3 Å². The van der Waals surface area contributed by atoms with E-state index in [1.807, 2.05) is 25.3 Å². The van der Waals surface area contributed by atoms with E-state index in [9.17, 15) is 0 Å². The highest BCUT2D eigenvalue weighted by atomic mass is 15.4. The van der Waals surface area contributed by atoms with Gasteiger partial charge in [0.1, 0.15) is 0 Å². The van der Waals surface area contributed by atoms with Crippen molar-refractivity contribution < 1.29 is 0 Å². The molecule has 0 spiro atoms. The summed E-state index contributed by atoms with van der Waals surface area (Å²) in [6.07, 6.45) is 4.11. The summed E-state index contributed by atoms with van der Waals surface area (Å²) < 4.78 is 0. The molecule has 1 aliphatic rings. The van der Waals surface area contributed by atoms with Gasteiger partial charge in [0.05, 0.1) is 0 Å². The average molecular weight is 286 g/mol. The second-order valence-corrected chi connectivity index (χ2v) is 6.21. The number of nitrogens with one attached hydrogen (secondary N) is 1. The summed E-state index contributed by atoms with van der Waals surface area (Å²) in [5.41, 5.74) is 8.01. The number of piperidine rings is 1. The Kier molecular flexibility index (Phi) is 3.63. The van der Waals surface area contributed by atoms with Crippen molar-refractivity contribution in [2.45, 2.75) is 26.7 Å². The highest BCUT2D eigenvalue weighted by Crippen LogP contribution is 2.30. The lowest BCUT2D eigenvalue weighted by molar-refractivity contribution is 0.270. The SMILES string of the molecule is Cc1ccc(-c2nc(N3CCCC(C)(CN)C3)n[nH]2)cn1. The second kappa shape index (κ2) is 5.44. The van der Waals surface area contributed by atoms with E-state index >= 15 is 0 Å². The van der Waals surface area contributed by atoms with Crippen LogP contribution >= 0.6 is 0 Å². The summed E-state index contributed by atoms with van der Waals surface area (Å²) in [5.74, 6) is 1.52. The maximum Gasteiger partial charge on any atom is 0.245 e. The molecule has 3 N–H and O–H groups in total. The molecular formula is C15H22N6. The number of anilines is 1. The van der Waals surface area contributed by atoms with Gasteiger partial charge in [-0.3, -0.25) is 10.1 Å². The Labute approximate surface area is 124 Å². The molecule has 0 bridgehead atoms. The number of pyridine rings is 1. The number of rotatable bonds is 3. The number of hydrogen-bond donors (Lipinski definition) is 2. The first kappa shape index (κ1) is 14.0. The lowest BCUT2D eigenvalue weighted by atomic mass is 9.82. The number of aromatic amines is 1. The Hall–Kier alpha value is -1.95. The van der Waals surface area contributed by atoms with Crippen LogP contribution in [0.25, 0.3) is 11.4 Å². The Morgan fingerprint density at radius 3 is 3.00 bits per heavy atom. The van der Waals surface area contributed by atoms with Crippen LogP contribution in [0.2, 0.25) is 0 Å². The first-order valence-corrected chi connectivity index (χ1v) is 7.40. The molecule has 1 aliphatic heterocycles. The fourth-order valence-corrected chi connectivity index (χ4v) is 2.78. The van der Waals surface area contributed by atoms with Crippen molar-refractivity contribution in [2.24, 2.45) is 11.1 Å². The molecule has 1 saturated heterocycles. The summed E-state index contributed by atoms with van der Waals surface area (Å²) in [7, 11) is 0. The van der Waals surface area contributed by atoms with E-state index in [2.05, 4.69) is 32.0 Å². The number of aryl methyl sites for hydroxylation is 1. The van der Waals surface area contributed by atoms with Gasteiger partial charge in [-0.2, -0.15) is 4.98 Å². The number of aromatic nitrogens is 4. The third kappa shape index (κ3) is 2.90. The normalized spacial score (nSPS) is 22.5. The van der Waals surface area contributed by atoms with Gasteiger partial charge >= 0.3 is 0 Å². The first-order valence-electron chi connectivity index (χ1n) is 7.40. The average Bonchev–Trinajstić information content (AvgIpc) is 2.98. The minimum Gasteiger partial charge on any atom is -0.339 e. The lowest BCUT2D eigenvalue weighted by Gasteiger charge is -2.39. The van der Waals surface area contributed by atoms with E-state index in [0.29, 0.717) is 6.54 Å². The zero-order chi connectivity index (χ0) is 14.9. The fraction of sp³-hybridized carbons (Fsp3) is 0.533. The molecular weight excluding hydrogens is 264 g/mol. The van der Waals surface area contributed by atoms with Crippen molar-refractivity contribution in [3.63, 3.8) is 0 Å². The van der Waals surface area contributed by atoms with Gasteiger partial charge in [-0.1, -0.05) is 6.92 Å². The van der Waals surface area contributed by atoms with E-state index in [4.69, 9.17) is 5.73 Å². The minimum absolute atomic E-state index is 0.157. The topological polar surface area (TPSA) is 83.7 Å². The zero-order valence-corrected chi connectivity index (χ0v) is 12.6. The molecule has 6 nitrogen and oxygen atoms in total. The van der Waals surface area contributed by atoms with Gasteiger partial charge < -0.3 is 10.6 Å². The Morgan fingerprint density at radius 2 is 2.29 bits per heavy atom. The molecule has 0 aromatic carbocycles. The van der Waals surface area contributed by atoms with Gasteiger partial charge in [0.2, 0.25) is 5.95 Å². The van der Waals surface area contributed by atoms with Crippen LogP contribution in [0.1, 0.15) is 25.5 Å². The maximum atomic E-state index is 5.90. The van der Waals surface area contributed by atoms with E-state index in [0.717, 1.165) is 42.5 Å². The van der Waals surface area contributed by atoms with Gasteiger partial charge in [-0.25, -0.2) is 0 Å². The largest absolute Gasteiger partial charge is 0.339 e. The summed E-state index contributed by atoms with van der Waals surface area (Å²) in [4.78, 5) is 11.1. The van der Waals surface area contributed by atoms with Crippen LogP contribution in [0.4, 0.5) is 5.95 Å². The molecule has 0 amide bonds. The van der Waals surface area contributed by atoms with Gasteiger partial charge in [-0.15, -0.1) is 5.10 Å². The standard InChI is InChI=1S/C15H22N6/c1-11-4-5-12(8-17-11)13-18-14(20-19-13)21-7-3-6-15(2,9-16)10-21/h4-5,8H,3,6-7,9-10,16H2,1-2H3,(H,18,19,20). The molecule has 2 aromatic heterocycles. The van der Waals surface area contributed by atoms with Crippen LogP contribution in [0, 0.1) is 12.3 Å². The molecule has 0 saturated carbocycles. The molecule has 3 rings (SSSR count). The van der Waals surface area contributed by atoms with Crippen LogP contribution < -0.4 is 10.6 Å². The fourth-order valence-electron chi connectivity index (χ4n) is 2.78. The number of nitrogens with zero attached hydrogens (tertiary/aromatic N) is 4. The van der Waals surface area contributed by atoms with Crippen LogP contribution in [-0.4, -0.2) is 39.8 Å². The molecule has 112 valence electrons. The molecule has 3 heterocycles.